The lowest BCUT2D eigenvalue weighted by Crippen LogP contribution is -1.97. The lowest BCUT2D eigenvalue weighted by molar-refractivity contribution is 1.17. The van der Waals surface area contributed by atoms with Gasteiger partial charge in [0.25, 0.3) is 0 Å². The van der Waals surface area contributed by atoms with Gasteiger partial charge in [-0.1, -0.05) is 115 Å². The van der Waals surface area contributed by atoms with Crippen molar-refractivity contribution in [1.82, 2.24) is 9.55 Å². The van der Waals surface area contributed by atoms with Crippen LogP contribution in [-0.2, 0) is 0 Å². The number of para-hydroxylation sites is 1. The fourth-order valence-electron chi connectivity index (χ4n) is 6.96. The molecule has 9 rings (SSSR count). The summed E-state index contributed by atoms with van der Waals surface area (Å²) in [5.41, 5.74) is 15.9. The normalized spacial score (nSPS) is 11.7. The summed E-state index contributed by atoms with van der Waals surface area (Å²) in [6, 6.07) is 53.0. The van der Waals surface area contributed by atoms with Gasteiger partial charge < -0.3 is 4.57 Å². The first-order chi connectivity index (χ1) is 21.3. The molecule has 6 aromatic carbocycles. The van der Waals surface area contributed by atoms with E-state index in [1.54, 1.807) is 0 Å². The number of aromatic nitrogens is 2. The summed E-state index contributed by atoms with van der Waals surface area (Å²) in [4.78, 5) is 4.47. The molecule has 0 unspecified atom stereocenters. The van der Waals surface area contributed by atoms with Crippen LogP contribution < -0.4 is 0 Å². The summed E-state index contributed by atoms with van der Waals surface area (Å²) in [6.45, 7) is 0. The van der Waals surface area contributed by atoms with Gasteiger partial charge in [0.05, 0.1) is 17.2 Å². The molecule has 2 heteroatoms. The molecular weight excluding hydrogens is 520 g/mol. The van der Waals surface area contributed by atoms with E-state index in [1.807, 2.05) is 12.4 Å². The number of hydrogen-bond acceptors (Lipinski definition) is 1. The van der Waals surface area contributed by atoms with Crippen LogP contribution in [0.5, 0.6) is 0 Å². The molecule has 0 spiro atoms. The fraction of sp³-hybridized carbons (Fsp3) is 0. The molecule has 0 saturated heterocycles. The smallest absolute Gasteiger partial charge is 0.0724 e. The predicted molar refractivity (Wildman–Crippen MR) is 179 cm³/mol. The second-order valence-electron chi connectivity index (χ2n) is 11.2. The molecule has 200 valence electrons. The minimum absolute atomic E-state index is 1.11. The number of fused-ring (bicyclic) bond motifs is 11. The Bertz CT molecular complexity index is 2300. The Morgan fingerprint density at radius 1 is 0.372 bits per heavy atom. The molecule has 0 bridgehead atoms. The van der Waals surface area contributed by atoms with E-state index >= 15 is 0 Å². The second kappa shape index (κ2) is 9.40. The van der Waals surface area contributed by atoms with E-state index in [0.29, 0.717) is 0 Å². The van der Waals surface area contributed by atoms with E-state index in [1.165, 1.54) is 71.9 Å². The maximum atomic E-state index is 4.47. The summed E-state index contributed by atoms with van der Waals surface area (Å²) >= 11 is 0. The van der Waals surface area contributed by atoms with Crippen LogP contribution in [0.25, 0.3) is 83.1 Å². The van der Waals surface area contributed by atoms with Crippen molar-refractivity contribution in [3.8, 4) is 61.3 Å². The summed E-state index contributed by atoms with van der Waals surface area (Å²) in [5.74, 6) is 0. The molecule has 0 fully saturated rings. The minimum atomic E-state index is 1.11. The molecule has 1 aliphatic carbocycles. The van der Waals surface area contributed by atoms with Crippen molar-refractivity contribution in [2.75, 3.05) is 0 Å². The molecule has 0 saturated carbocycles. The highest BCUT2D eigenvalue weighted by molar-refractivity contribution is 6.09. The quantitative estimate of drug-likeness (QED) is 0.211. The third kappa shape index (κ3) is 3.63. The van der Waals surface area contributed by atoms with Crippen molar-refractivity contribution in [2.45, 2.75) is 0 Å². The third-order valence-electron chi connectivity index (χ3n) is 8.88. The van der Waals surface area contributed by atoms with Gasteiger partial charge in [-0.2, -0.15) is 0 Å². The molecule has 2 aromatic heterocycles. The first-order valence-corrected chi connectivity index (χ1v) is 14.7. The maximum absolute atomic E-state index is 4.47. The van der Waals surface area contributed by atoms with Gasteiger partial charge in [0.2, 0.25) is 0 Å². The van der Waals surface area contributed by atoms with Gasteiger partial charge in [0, 0.05) is 22.7 Å². The van der Waals surface area contributed by atoms with E-state index in [9.17, 15) is 0 Å². The molecule has 0 radical (unpaired) electrons. The standard InChI is InChI=1S/C41H26N2/c1-2-13-31-30(12-1)32-14-3-4-16-34(32)36-21-20-28(25-39(36)35-17-6-5-15-33(31)35)27-10-9-11-29(24-27)43-40-19-8-7-18-37(40)38-22-23-42-26-41(38)43/h1-26H. The largest absolute Gasteiger partial charge is 0.308 e. The van der Waals surface area contributed by atoms with Gasteiger partial charge in [-0.3, -0.25) is 4.98 Å². The monoisotopic (exact) mass is 546 g/mol. The van der Waals surface area contributed by atoms with Gasteiger partial charge in [0.15, 0.2) is 0 Å². The van der Waals surface area contributed by atoms with Gasteiger partial charge in [0.1, 0.15) is 0 Å². The van der Waals surface area contributed by atoms with Gasteiger partial charge in [-0.05, 0) is 86.0 Å². The van der Waals surface area contributed by atoms with E-state index < -0.39 is 0 Å². The zero-order chi connectivity index (χ0) is 28.3. The fourth-order valence-corrected chi connectivity index (χ4v) is 6.96. The zero-order valence-electron chi connectivity index (χ0n) is 23.4. The molecule has 2 heterocycles. The van der Waals surface area contributed by atoms with Crippen LogP contribution in [-0.4, -0.2) is 9.55 Å². The van der Waals surface area contributed by atoms with Crippen LogP contribution in [0.15, 0.2) is 158 Å². The molecule has 0 N–H and O–H groups in total. The van der Waals surface area contributed by atoms with Crippen molar-refractivity contribution < 1.29 is 0 Å². The van der Waals surface area contributed by atoms with E-state index in [-0.39, 0.29) is 0 Å². The van der Waals surface area contributed by atoms with E-state index in [0.717, 1.165) is 11.2 Å². The molecule has 8 aromatic rings. The molecule has 0 amide bonds. The van der Waals surface area contributed by atoms with Gasteiger partial charge in [-0.15, -0.1) is 0 Å². The van der Waals surface area contributed by atoms with Crippen molar-refractivity contribution >= 4 is 21.8 Å². The molecule has 2 nitrogen and oxygen atoms in total. The Morgan fingerprint density at radius 2 is 0.907 bits per heavy atom. The summed E-state index contributed by atoms with van der Waals surface area (Å²) < 4.78 is 2.33. The van der Waals surface area contributed by atoms with E-state index in [2.05, 4.69) is 155 Å². The van der Waals surface area contributed by atoms with Crippen LogP contribution in [0.4, 0.5) is 0 Å². The zero-order valence-corrected chi connectivity index (χ0v) is 23.4. The average molecular weight is 547 g/mol. The Morgan fingerprint density at radius 3 is 1.58 bits per heavy atom. The van der Waals surface area contributed by atoms with E-state index in [4.69, 9.17) is 0 Å². The molecule has 1 aliphatic rings. The number of hydrogen-bond donors (Lipinski definition) is 0. The molecule has 0 atom stereocenters. The topological polar surface area (TPSA) is 17.8 Å². The van der Waals surface area contributed by atoms with Crippen LogP contribution in [0, 0.1) is 0 Å². The van der Waals surface area contributed by atoms with Crippen molar-refractivity contribution in [3.63, 3.8) is 0 Å². The number of pyridine rings is 1. The highest BCUT2D eigenvalue weighted by atomic mass is 15.0. The van der Waals surface area contributed by atoms with Gasteiger partial charge in [-0.25, -0.2) is 0 Å². The number of rotatable bonds is 2. The average Bonchev–Trinajstić information content (AvgIpc) is 3.42. The SMILES string of the molecule is c1cc(-c2ccc3c(c2)-c2ccccc2-c2ccccc2-c2ccccc2-3)cc(-n2c3ccccc3c3ccncc32)c1. The summed E-state index contributed by atoms with van der Waals surface area (Å²) in [6.07, 6.45) is 3.85. The highest BCUT2D eigenvalue weighted by Gasteiger charge is 2.22. The molecule has 0 aliphatic heterocycles. The van der Waals surface area contributed by atoms with Gasteiger partial charge >= 0.3 is 0 Å². The number of nitrogens with zero attached hydrogens (tertiary/aromatic N) is 2. The van der Waals surface area contributed by atoms with Crippen LogP contribution in [0.2, 0.25) is 0 Å². The van der Waals surface area contributed by atoms with Crippen molar-refractivity contribution in [3.05, 3.63) is 158 Å². The predicted octanol–water partition coefficient (Wildman–Crippen LogP) is 10.8. The minimum Gasteiger partial charge on any atom is -0.308 e. The summed E-state index contributed by atoms with van der Waals surface area (Å²) in [7, 11) is 0. The van der Waals surface area contributed by atoms with Crippen LogP contribution in [0.1, 0.15) is 0 Å². The third-order valence-corrected chi connectivity index (χ3v) is 8.88. The first-order valence-electron chi connectivity index (χ1n) is 14.7. The van der Waals surface area contributed by atoms with Crippen molar-refractivity contribution in [2.24, 2.45) is 0 Å². The maximum Gasteiger partial charge on any atom is 0.0724 e. The second-order valence-corrected chi connectivity index (χ2v) is 11.2. The number of benzene rings is 6. The van der Waals surface area contributed by atoms with Crippen LogP contribution in [0.3, 0.4) is 0 Å². The Hall–Kier alpha value is -5.73. The first kappa shape index (κ1) is 23.9. The van der Waals surface area contributed by atoms with Crippen molar-refractivity contribution in [1.29, 1.82) is 0 Å². The lowest BCUT2D eigenvalue weighted by atomic mass is 9.80. The Kier molecular flexibility index (Phi) is 5.23. The van der Waals surface area contributed by atoms with Crippen LogP contribution >= 0.6 is 0 Å². The molecule has 43 heavy (non-hydrogen) atoms. The lowest BCUT2D eigenvalue weighted by Gasteiger charge is -2.23. The Labute approximate surface area is 250 Å². The highest BCUT2D eigenvalue weighted by Crippen LogP contribution is 2.48. The molecular formula is C41H26N2. The Balaban J connectivity index is 1.27. The summed E-state index contributed by atoms with van der Waals surface area (Å²) in [5, 5.41) is 2.45.